The maximum Gasteiger partial charge on any atom is 0.0624 e. The van der Waals surface area contributed by atoms with Crippen LogP contribution >= 0.6 is 0 Å². The van der Waals surface area contributed by atoms with E-state index in [1.807, 2.05) is 11.7 Å². The number of rotatable bonds is 4. The van der Waals surface area contributed by atoms with Crippen molar-refractivity contribution in [1.82, 2.24) is 9.78 Å². The van der Waals surface area contributed by atoms with Crippen LogP contribution in [0.2, 0.25) is 0 Å². The predicted molar refractivity (Wildman–Crippen MR) is 75.5 cm³/mol. The molecule has 1 aromatic heterocycles. The van der Waals surface area contributed by atoms with Crippen LogP contribution in [0.25, 0.3) is 0 Å². The van der Waals surface area contributed by atoms with E-state index >= 15 is 0 Å². The lowest BCUT2D eigenvalue weighted by molar-refractivity contribution is 0.216. The molecule has 0 radical (unpaired) electrons. The summed E-state index contributed by atoms with van der Waals surface area (Å²) in [6, 6.07) is 2.23. The summed E-state index contributed by atoms with van der Waals surface area (Å²) in [5.41, 5.74) is 9.11. The molecule has 0 aromatic carbocycles. The highest BCUT2D eigenvalue weighted by Gasteiger charge is 2.33. The van der Waals surface area contributed by atoms with Gasteiger partial charge in [-0.2, -0.15) is 5.10 Å². The summed E-state index contributed by atoms with van der Waals surface area (Å²) in [7, 11) is 2.04. The molecule has 1 aliphatic carbocycles. The molecule has 3 nitrogen and oxygen atoms in total. The van der Waals surface area contributed by atoms with Gasteiger partial charge < -0.3 is 5.73 Å². The third-order valence-corrected chi connectivity index (χ3v) is 4.48. The Morgan fingerprint density at radius 3 is 2.89 bits per heavy atom. The summed E-state index contributed by atoms with van der Waals surface area (Å²) in [5.74, 6) is 0.822. The molecule has 1 aromatic rings. The predicted octanol–water partition coefficient (Wildman–Crippen LogP) is 2.82. The number of aryl methyl sites for hydroxylation is 2. The van der Waals surface area contributed by atoms with E-state index in [9.17, 15) is 0 Å². The van der Waals surface area contributed by atoms with Gasteiger partial charge in [0.25, 0.3) is 0 Å². The number of hydrogen-bond acceptors (Lipinski definition) is 2. The van der Waals surface area contributed by atoms with Crippen molar-refractivity contribution in [3.63, 3.8) is 0 Å². The first kappa shape index (κ1) is 13.6. The van der Waals surface area contributed by atoms with Crippen LogP contribution in [0.5, 0.6) is 0 Å². The number of hydrogen-bond donors (Lipinski definition) is 1. The molecule has 102 valence electrons. The highest BCUT2D eigenvalue weighted by atomic mass is 15.3. The number of nitrogens with two attached hydrogens (primary N) is 1. The first-order chi connectivity index (χ1) is 8.56. The second kappa shape index (κ2) is 5.43. The summed E-state index contributed by atoms with van der Waals surface area (Å²) in [5, 5.41) is 4.53. The van der Waals surface area contributed by atoms with Crippen LogP contribution in [-0.2, 0) is 19.9 Å². The summed E-state index contributed by atoms with van der Waals surface area (Å²) < 4.78 is 2.02. The van der Waals surface area contributed by atoms with Crippen molar-refractivity contribution in [2.24, 2.45) is 18.7 Å². The quantitative estimate of drug-likeness (QED) is 0.891. The topological polar surface area (TPSA) is 43.8 Å². The lowest BCUT2D eigenvalue weighted by Crippen LogP contribution is -2.46. The molecule has 3 heteroatoms. The minimum absolute atomic E-state index is 0.00225. The number of aromatic nitrogens is 2. The van der Waals surface area contributed by atoms with E-state index in [1.54, 1.807) is 0 Å². The van der Waals surface area contributed by atoms with Gasteiger partial charge in [-0.1, -0.05) is 33.1 Å². The molecule has 2 unspecified atom stereocenters. The monoisotopic (exact) mass is 249 g/mol. The van der Waals surface area contributed by atoms with Crippen LogP contribution in [0.1, 0.15) is 57.3 Å². The molecule has 2 atom stereocenters. The molecule has 0 spiro atoms. The molecule has 2 N–H and O–H groups in total. The molecule has 1 fully saturated rings. The Kier molecular flexibility index (Phi) is 4.10. The fourth-order valence-corrected chi connectivity index (χ4v) is 3.30. The lowest BCUT2D eigenvalue weighted by Gasteiger charge is -2.37. The molecule has 2 rings (SSSR count). The smallest absolute Gasteiger partial charge is 0.0624 e. The zero-order chi connectivity index (χ0) is 13.2. The van der Waals surface area contributed by atoms with E-state index < -0.39 is 0 Å². The van der Waals surface area contributed by atoms with Crippen molar-refractivity contribution in [3.05, 3.63) is 17.5 Å². The standard InChI is InChI=1S/C15H27N3/c1-4-12-7-6-8-15(16,10-12)11-14-9-13(5-2)17-18(14)3/h9,12H,4-8,10-11,16H2,1-3H3. The third-order valence-electron chi connectivity index (χ3n) is 4.48. The van der Waals surface area contributed by atoms with Gasteiger partial charge in [-0.15, -0.1) is 0 Å². The van der Waals surface area contributed by atoms with Gasteiger partial charge in [0.2, 0.25) is 0 Å². The van der Waals surface area contributed by atoms with E-state index in [1.165, 1.54) is 37.1 Å². The van der Waals surface area contributed by atoms with Gasteiger partial charge in [0.1, 0.15) is 0 Å². The summed E-state index contributed by atoms with van der Waals surface area (Å²) in [6.45, 7) is 4.44. The van der Waals surface area contributed by atoms with Crippen molar-refractivity contribution in [2.45, 2.75) is 64.3 Å². The Morgan fingerprint density at radius 1 is 1.50 bits per heavy atom. The highest BCUT2D eigenvalue weighted by Crippen LogP contribution is 2.34. The van der Waals surface area contributed by atoms with Crippen LogP contribution in [0, 0.1) is 5.92 Å². The van der Waals surface area contributed by atoms with Crippen LogP contribution in [-0.4, -0.2) is 15.3 Å². The molecule has 0 bridgehead atoms. The maximum atomic E-state index is 6.64. The van der Waals surface area contributed by atoms with Crippen molar-refractivity contribution < 1.29 is 0 Å². The fourth-order valence-electron chi connectivity index (χ4n) is 3.30. The third kappa shape index (κ3) is 2.94. The largest absolute Gasteiger partial charge is 0.325 e. The van der Waals surface area contributed by atoms with Gasteiger partial charge in [0, 0.05) is 24.7 Å². The van der Waals surface area contributed by atoms with Gasteiger partial charge >= 0.3 is 0 Å². The average molecular weight is 249 g/mol. The van der Waals surface area contributed by atoms with Crippen LogP contribution in [0.15, 0.2) is 6.07 Å². The summed E-state index contributed by atoms with van der Waals surface area (Å²) in [4.78, 5) is 0. The fraction of sp³-hybridized carbons (Fsp3) is 0.800. The molecule has 0 saturated heterocycles. The first-order valence-corrected chi connectivity index (χ1v) is 7.37. The Hall–Kier alpha value is -0.830. The summed E-state index contributed by atoms with van der Waals surface area (Å²) in [6.07, 6.45) is 8.24. The second-order valence-corrected chi connectivity index (χ2v) is 6.01. The van der Waals surface area contributed by atoms with Crippen LogP contribution < -0.4 is 5.73 Å². The molecule has 18 heavy (non-hydrogen) atoms. The molecule has 1 heterocycles. The zero-order valence-electron chi connectivity index (χ0n) is 12.1. The zero-order valence-corrected chi connectivity index (χ0v) is 12.1. The van der Waals surface area contributed by atoms with E-state index in [-0.39, 0.29) is 5.54 Å². The molecule has 1 aliphatic rings. The van der Waals surface area contributed by atoms with E-state index in [2.05, 4.69) is 25.0 Å². The van der Waals surface area contributed by atoms with Gasteiger partial charge in [-0.25, -0.2) is 0 Å². The second-order valence-electron chi connectivity index (χ2n) is 6.01. The highest BCUT2D eigenvalue weighted by molar-refractivity contribution is 5.14. The van der Waals surface area contributed by atoms with Crippen molar-refractivity contribution in [1.29, 1.82) is 0 Å². The maximum absolute atomic E-state index is 6.64. The lowest BCUT2D eigenvalue weighted by atomic mass is 9.73. The first-order valence-electron chi connectivity index (χ1n) is 7.37. The Bertz CT molecular complexity index is 396. The average Bonchev–Trinajstić information content (AvgIpc) is 2.69. The van der Waals surface area contributed by atoms with Gasteiger partial charge in [0.05, 0.1) is 5.69 Å². The van der Waals surface area contributed by atoms with E-state index in [4.69, 9.17) is 5.73 Å². The molecule has 0 aliphatic heterocycles. The van der Waals surface area contributed by atoms with Crippen molar-refractivity contribution in [3.8, 4) is 0 Å². The Labute approximate surface area is 111 Å². The molecular weight excluding hydrogens is 222 g/mol. The van der Waals surface area contributed by atoms with Gasteiger partial charge in [-0.05, 0) is 31.2 Å². The molecular formula is C15H27N3. The normalized spacial score (nSPS) is 28.6. The van der Waals surface area contributed by atoms with Gasteiger partial charge in [0.15, 0.2) is 0 Å². The Morgan fingerprint density at radius 2 is 2.28 bits per heavy atom. The minimum Gasteiger partial charge on any atom is -0.325 e. The number of nitrogens with zero attached hydrogens (tertiary/aromatic N) is 2. The van der Waals surface area contributed by atoms with E-state index in [0.717, 1.165) is 25.2 Å². The van der Waals surface area contributed by atoms with E-state index in [0.29, 0.717) is 0 Å². The minimum atomic E-state index is -0.00225. The summed E-state index contributed by atoms with van der Waals surface area (Å²) >= 11 is 0. The molecule has 1 saturated carbocycles. The molecule has 0 amide bonds. The van der Waals surface area contributed by atoms with Gasteiger partial charge in [-0.3, -0.25) is 4.68 Å². The van der Waals surface area contributed by atoms with Crippen molar-refractivity contribution >= 4 is 0 Å². The van der Waals surface area contributed by atoms with Crippen molar-refractivity contribution in [2.75, 3.05) is 0 Å². The van der Waals surface area contributed by atoms with Crippen LogP contribution in [0.4, 0.5) is 0 Å². The van der Waals surface area contributed by atoms with Crippen LogP contribution in [0.3, 0.4) is 0 Å². The Balaban J connectivity index is 2.08. The SMILES string of the molecule is CCc1cc(CC2(N)CCCC(CC)C2)n(C)n1.